The molecule has 0 radical (unpaired) electrons. The van der Waals surface area contributed by atoms with E-state index in [1.54, 1.807) is 25.1 Å². The number of benzene rings is 1. The highest BCUT2D eigenvalue weighted by Crippen LogP contribution is 2.21. The molecular formula is C8H12N2O. The van der Waals surface area contributed by atoms with Gasteiger partial charge in [0.15, 0.2) is 0 Å². The Hall–Kier alpha value is -1.22. The third-order valence-electron chi connectivity index (χ3n) is 1.56. The van der Waals surface area contributed by atoms with Crippen molar-refractivity contribution in [3.05, 3.63) is 23.8 Å². The topological polar surface area (TPSA) is 72.3 Å². The number of nitrogens with two attached hydrogens (primary N) is 2. The smallest absolute Gasteiger partial charge is 0.0782 e. The normalized spacial score (nSPS) is 12.9. The predicted molar refractivity (Wildman–Crippen MR) is 45.9 cm³/mol. The molecule has 1 aromatic carbocycles. The van der Waals surface area contributed by atoms with Gasteiger partial charge in [0, 0.05) is 16.9 Å². The van der Waals surface area contributed by atoms with Crippen LogP contribution in [0.2, 0.25) is 0 Å². The van der Waals surface area contributed by atoms with Gasteiger partial charge in [-0.1, -0.05) is 0 Å². The second-order valence-corrected chi connectivity index (χ2v) is 2.56. The van der Waals surface area contributed by atoms with Gasteiger partial charge in [-0.2, -0.15) is 0 Å². The van der Waals surface area contributed by atoms with E-state index in [0.717, 1.165) is 0 Å². The molecule has 0 bridgehead atoms. The summed E-state index contributed by atoms with van der Waals surface area (Å²) in [7, 11) is 0. The highest BCUT2D eigenvalue weighted by Gasteiger charge is 2.04. The molecule has 3 heteroatoms. The van der Waals surface area contributed by atoms with Gasteiger partial charge in [-0.25, -0.2) is 0 Å². The molecule has 0 aliphatic carbocycles. The second kappa shape index (κ2) is 2.80. The van der Waals surface area contributed by atoms with Crippen LogP contribution in [-0.2, 0) is 0 Å². The monoisotopic (exact) mass is 152 g/mol. The first kappa shape index (κ1) is 7.88. The summed E-state index contributed by atoms with van der Waals surface area (Å²) in [5.41, 5.74) is 13.0. The quantitative estimate of drug-likeness (QED) is 0.523. The highest BCUT2D eigenvalue weighted by atomic mass is 16.3. The van der Waals surface area contributed by atoms with Crippen LogP contribution in [0.1, 0.15) is 18.6 Å². The molecule has 0 aliphatic rings. The molecule has 0 aliphatic heterocycles. The van der Waals surface area contributed by atoms with E-state index in [0.29, 0.717) is 16.9 Å². The van der Waals surface area contributed by atoms with E-state index in [-0.39, 0.29) is 0 Å². The molecule has 60 valence electrons. The number of hydrogen-bond donors (Lipinski definition) is 3. The van der Waals surface area contributed by atoms with E-state index in [2.05, 4.69) is 0 Å². The summed E-state index contributed by atoms with van der Waals surface area (Å²) in [6.07, 6.45) is -0.557. The average molecular weight is 152 g/mol. The van der Waals surface area contributed by atoms with E-state index in [4.69, 9.17) is 11.5 Å². The zero-order valence-corrected chi connectivity index (χ0v) is 6.41. The van der Waals surface area contributed by atoms with Gasteiger partial charge in [-0.3, -0.25) is 0 Å². The summed E-state index contributed by atoms with van der Waals surface area (Å²) in [5, 5.41) is 9.19. The van der Waals surface area contributed by atoms with Crippen molar-refractivity contribution in [2.24, 2.45) is 0 Å². The fraction of sp³-hybridized carbons (Fsp3) is 0.250. The van der Waals surface area contributed by atoms with Gasteiger partial charge >= 0.3 is 0 Å². The lowest BCUT2D eigenvalue weighted by molar-refractivity contribution is 0.200. The summed E-state index contributed by atoms with van der Waals surface area (Å²) >= 11 is 0. The average Bonchev–Trinajstić information content (AvgIpc) is 1.94. The molecule has 11 heavy (non-hydrogen) atoms. The van der Waals surface area contributed by atoms with E-state index >= 15 is 0 Å². The maximum atomic E-state index is 9.19. The van der Waals surface area contributed by atoms with E-state index < -0.39 is 6.10 Å². The van der Waals surface area contributed by atoms with E-state index in [9.17, 15) is 5.11 Å². The Morgan fingerprint density at radius 3 is 2.45 bits per heavy atom. The summed E-state index contributed by atoms with van der Waals surface area (Å²) in [6.45, 7) is 1.66. The Balaban J connectivity index is 3.13. The molecule has 0 fully saturated rings. The van der Waals surface area contributed by atoms with E-state index in [1.165, 1.54) is 0 Å². The standard InChI is InChI=1S/C8H12N2O/c1-5(11)7-4-6(9)2-3-8(7)10/h2-5,11H,9-10H2,1H3/t5-/m1/s1. The predicted octanol–water partition coefficient (Wildman–Crippen LogP) is 0.904. The molecule has 0 saturated heterocycles. The molecule has 1 rings (SSSR count). The van der Waals surface area contributed by atoms with Crippen LogP contribution in [0.4, 0.5) is 11.4 Å². The summed E-state index contributed by atoms with van der Waals surface area (Å²) < 4.78 is 0. The molecular weight excluding hydrogens is 140 g/mol. The SMILES string of the molecule is C[C@@H](O)c1cc(N)ccc1N. The number of aliphatic hydroxyl groups is 1. The maximum absolute atomic E-state index is 9.19. The van der Waals surface area contributed by atoms with Crippen LogP contribution in [0.15, 0.2) is 18.2 Å². The molecule has 0 aromatic heterocycles. The summed E-state index contributed by atoms with van der Waals surface area (Å²) in [4.78, 5) is 0. The third kappa shape index (κ3) is 1.62. The summed E-state index contributed by atoms with van der Waals surface area (Å²) in [5.74, 6) is 0. The molecule has 1 atom stereocenters. The van der Waals surface area contributed by atoms with Crippen molar-refractivity contribution in [3.8, 4) is 0 Å². The minimum absolute atomic E-state index is 0.557. The van der Waals surface area contributed by atoms with Crippen molar-refractivity contribution in [1.29, 1.82) is 0 Å². The van der Waals surface area contributed by atoms with Crippen LogP contribution in [0.3, 0.4) is 0 Å². The zero-order chi connectivity index (χ0) is 8.43. The Morgan fingerprint density at radius 2 is 2.00 bits per heavy atom. The van der Waals surface area contributed by atoms with E-state index in [1.807, 2.05) is 0 Å². The van der Waals surface area contributed by atoms with Crippen LogP contribution < -0.4 is 11.5 Å². The molecule has 0 amide bonds. The van der Waals surface area contributed by atoms with Gasteiger partial charge in [-0.15, -0.1) is 0 Å². The molecule has 1 aromatic rings. The Labute approximate surface area is 65.6 Å². The van der Waals surface area contributed by atoms with Crippen molar-refractivity contribution in [2.75, 3.05) is 11.5 Å². The van der Waals surface area contributed by atoms with Gasteiger partial charge in [0.05, 0.1) is 6.10 Å². The van der Waals surface area contributed by atoms with Crippen LogP contribution in [0.5, 0.6) is 0 Å². The Bertz CT molecular complexity index is 258. The molecule has 0 saturated carbocycles. The van der Waals surface area contributed by atoms with Crippen molar-refractivity contribution in [2.45, 2.75) is 13.0 Å². The number of aliphatic hydroxyl groups excluding tert-OH is 1. The van der Waals surface area contributed by atoms with Gasteiger partial charge < -0.3 is 16.6 Å². The lowest BCUT2D eigenvalue weighted by atomic mass is 10.1. The minimum atomic E-state index is -0.557. The zero-order valence-electron chi connectivity index (χ0n) is 6.41. The summed E-state index contributed by atoms with van der Waals surface area (Å²) in [6, 6.07) is 5.08. The van der Waals surface area contributed by atoms with Gasteiger partial charge in [0.2, 0.25) is 0 Å². The molecule has 0 unspecified atom stereocenters. The lowest BCUT2D eigenvalue weighted by Crippen LogP contribution is -1.99. The van der Waals surface area contributed by atoms with Crippen LogP contribution in [0, 0.1) is 0 Å². The highest BCUT2D eigenvalue weighted by molar-refractivity contribution is 5.55. The first-order chi connectivity index (χ1) is 5.11. The van der Waals surface area contributed by atoms with Gasteiger partial charge in [-0.05, 0) is 25.1 Å². The van der Waals surface area contributed by atoms with Crippen LogP contribution >= 0.6 is 0 Å². The number of nitrogen functional groups attached to an aromatic ring is 2. The Kier molecular flexibility index (Phi) is 2.01. The fourth-order valence-electron chi connectivity index (χ4n) is 0.955. The molecule has 3 nitrogen and oxygen atoms in total. The van der Waals surface area contributed by atoms with Crippen molar-refractivity contribution in [1.82, 2.24) is 0 Å². The lowest BCUT2D eigenvalue weighted by Gasteiger charge is -2.08. The molecule has 5 N–H and O–H groups in total. The van der Waals surface area contributed by atoms with Crippen LogP contribution in [-0.4, -0.2) is 5.11 Å². The third-order valence-corrected chi connectivity index (χ3v) is 1.56. The fourth-order valence-corrected chi connectivity index (χ4v) is 0.955. The van der Waals surface area contributed by atoms with Crippen molar-refractivity contribution < 1.29 is 5.11 Å². The van der Waals surface area contributed by atoms with Crippen LogP contribution in [0.25, 0.3) is 0 Å². The minimum Gasteiger partial charge on any atom is -0.399 e. The largest absolute Gasteiger partial charge is 0.399 e. The van der Waals surface area contributed by atoms with Crippen molar-refractivity contribution in [3.63, 3.8) is 0 Å². The van der Waals surface area contributed by atoms with Gasteiger partial charge in [0.25, 0.3) is 0 Å². The first-order valence-electron chi connectivity index (χ1n) is 3.44. The van der Waals surface area contributed by atoms with Gasteiger partial charge in [0.1, 0.15) is 0 Å². The van der Waals surface area contributed by atoms with Crippen molar-refractivity contribution >= 4 is 11.4 Å². The maximum Gasteiger partial charge on any atom is 0.0782 e. The number of rotatable bonds is 1. The number of hydrogen-bond acceptors (Lipinski definition) is 3. The number of anilines is 2. The molecule has 0 heterocycles. The Morgan fingerprint density at radius 1 is 1.36 bits per heavy atom. The second-order valence-electron chi connectivity index (χ2n) is 2.56. The molecule has 0 spiro atoms. The first-order valence-corrected chi connectivity index (χ1v) is 3.44.